The summed E-state index contributed by atoms with van der Waals surface area (Å²) in [5.41, 5.74) is 5.84. The van der Waals surface area contributed by atoms with E-state index < -0.39 is 0 Å². The van der Waals surface area contributed by atoms with Gasteiger partial charge in [0.05, 0.1) is 6.54 Å². The normalized spacial score (nSPS) is 14.8. The second-order valence-corrected chi connectivity index (χ2v) is 5.03. The lowest BCUT2D eigenvalue weighted by molar-refractivity contribution is 0.836. The lowest BCUT2D eigenvalue weighted by atomic mass is 10.4. The molecule has 1 aliphatic rings. The highest BCUT2D eigenvalue weighted by molar-refractivity contribution is 5.54. The van der Waals surface area contributed by atoms with Gasteiger partial charge in [-0.05, 0) is 12.8 Å². The fourth-order valence-corrected chi connectivity index (χ4v) is 2.43. The van der Waals surface area contributed by atoms with Crippen molar-refractivity contribution in [2.75, 3.05) is 35.7 Å². The number of hydrogen-bond donors (Lipinski definition) is 2. The second kappa shape index (κ2) is 5.36. The zero-order valence-electron chi connectivity index (χ0n) is 11.6. The summed E-state index contributed by atoms with van der Waals surface area (Å²) in [4.78, 5) is 20.2. The molecule has 1 fully saturated rings. The molecule has 7 nitrogen and oxygen atoms in total. The van der Waals surface area contributed by atoms with Gasteiger partial charge in [-0.3, -0.25) is 0 Å². The molecular weight excluding hydrogens is 254 g/mol. The number of anilines is 3. The van der Waals surface area contributed by atoms with E-state index in [1.54, 1.807) is 6.20 Å². The van der Waals surface area contributed by atoms with Gasteiger partial charge in [0.2, 0.25) is 5.95 Å². The summed E-state index contributed by atoms with van der Waals surface area (Å²) < 4.78 is 0. The highest BCUT2D eigenvalue weighted by atomic mass is 15.3. The van der Waals surface area contributed by atoms with Crippen molar-refractivity contribution in [2.45, 2.75) is 19.4 Å². The van der Waals surface area contributed by atoms with E-state index in [9.17, 15) is 0 Å². The third-order valence-corrected chi connectivity index (χ3v) is 3.48. The van der Waals surface area contributed by atoms with Gasteiger partial charge in [0.15, 0.2) is 0 Å². The van der Waals surface area contributed by atoms with Crippen molar-refractivity contribution >= 4 is 17.6 Å². The molecule has 3 rings (SSSR count). The summed E-state index contributed by atoms with van der Waals surface area (Å²) in [5.74, 6) is 2.94. The standard InChI is InChI=1S/C13H19N7/c1-19(9-10-15-4-5-16-10)11-8-12(18-13(14)17-11)20-6-2-3-7-20/h4-5,8H,2-3,6-7,9H2,1H3,(H,15,16)(H2,14,17,18). The van der Waals surface area contributed by atoms with Gasteiger partial charge < -0.3 is 20.5 Å². The van der Waals surface area contributed by atoms with Gasteiger partial charge in [0.25, 0.3) is 0 Å². The minimum absolute atomic E-state index is 0.315. The van der Waals surface area contributed by atoms with Gasteiger partial charge in [0, 0.05) is 38.6 Å². The lowest BCUT2D eigenvalue weighted by Gasteiger charge is -2.21. The van der Waals surface area contributed by atoms with Crippen LogP contribution in [-0.4, -0.2) is 40.1 Å². The topological polar surface area (TPSA) is 87.0 Å². The maximum Gasteiger partial charge on any atom is 0.223 e. The highest BCUT2D eigenvalue weighted by Crippen LogP contribution is 2.23. The molecular formula is C13H19N7. The number of nitrogens with two attached hydrogens (primary N) is 1. The first-order chi connectivity index (χ1) is 9.72. The third kappa shape index (κ3) is 2.66. The van der Waals surface area contributed by atoms with E-state index in [1.807, 2.05) is 24.2 Å². The fourth-order valence-electron chi connectivity index (χ4n) is 2.43. The maximum absolute atomic E-state index is 5.84. The minimum atomic E-state index is 0.315. The number of H-pyrrole nitrogens is 1. The van der Waals surface area contributed by atoms with E-state index >= 15 is 0 Å². The average molecular weight is 273 g/mol. The molecule has 0 saturated carbocycles. The molecule has 1 saturated heterocycles. The van der Waals surface area contributed by atoms with Crippen LogP contribution in [-0.2, 0) is 6.54 Å². The number of aromatic amines is 1. The van der Waals surface area contributed by atoms with Crippen molar-refractivity contribution in [3.05, 3.63) is 24.3 Å². The van der Waals surface area contributed by atoms with Crippen LogP contribution < -0.4 is 15.5 Å². The SMILES string of the molecule is CN(Cc1ncc[nH]1)c1cc(N2CCCC2)nc(N)n1. The Labute approximate surface area is 117 Å². The number of rotatable bonds is 4. The predicted octanol–water partition coefficient (Wildman–Crippen LogP) is 1.02. The quantitative estimate of drug-likeness (QED) is 0.865. The summed E-state index contributed by atoms with van der Waals surface area (Å²) >= 11 is 0. The molecule has 2 aromatic heterocycles. The number of hydrogen-bond acceptors (Lipinski definition) is 6. The van der Waals surface area contributed by atoms with Crippen molar-refractivity contribution in [1.29, 1.82) is 0 Å². The number of imidazole rings is 1. The van der Waals surface area contributed by atoms with Gasteiger partial charge in [-0.2, -0.15) is 9.97 Å². The predicted molar refractivity (Wildman–Crippen MR) is 78.6 cm³/mol. The molecule has 0 atom stereocenters. The Hall–Kier alpha value is -2.31. The molecule has 0 radical (unpaired) electrons. The molecule has 7 heteroatoms. The van der Waals surface area contributed by atoms with Crippen LogP contribution in [0.4, 0.5) is 17.6 Å². The molecule has 0 aliphatic carbocycles. The Morgan fingerprint density at radius 1 is 1.35 bits per heavy atom. The Morgan fingerprint density at radius 3 is 2.85 bits per heavy atom. The second-order valence-electron chi connectivity index (χ2n) is 5.03. The van der Waals surface area contributed by atoms with Crippen LogP contribution >= 0.6 is 0 Å². The molecule has 0 spiro atoms. The van der Waals surface area contributed by atoms with E-state index in [0.29, 0.717) is 12.5 Å². The number of nitrogens with zero attached hydrogens (tertiary/aromatic N) is 5. The monoisotopic (exact) mass is 273 g/mol. The third-order valence-electron chi connectivity index (χ3n) is 3.48. The van der Waals surface area contributed by atoms with Crippen molar-refractivity contribution in [3.63, 3.8) is 0 Å². The summed E-state index contributed by atoms with van der Waals surface area (Å²) in [7, 11) is 1.97. The zero-order valence-corrected chi connectivity index (χ0v) is 11.6. The summed E-state index contributed by atoms with van der Waals surface area (Å²) in [6.07, 6.45) is 5.98. The van der Waals surface area contributed by atoms with E-state index in [1.165, 1.54) is 12.8 Å². The van der Waals surface area contributed by atoms with Gasteiger partial charge in [-0.25, -0.2) is 4.98 Å². The van der Waals surface area contributed by atoms with Gasteiger partial charge >= 0.3 is 0 Å². The van der Waals surface area contributed by atoms with E-state index in [2.05, 4.69) is 24.8 Å². The van der Waals surface area contributed by atoms with Crippen LogP contribution in [0.3, 0.4) is 0 Å². The van der Waals surface area contributed by atoms with Crippen LogP contribution in [0.2, 0.25) is 0 Å². The molecule has 0 bridgehead atoms. The Kier molecular flexibility index (Phi) is 3.41. The summed E-state index contributed by atoms with van der Waals surface area (Å²) in [6, 6.07) is 1.99. The number of nitrogen functional groups attached to an aromatic ring is 1. The smallest absolute Gasteiger partial charge is 0.223 e. The van der Waals surface area contributed by atoms with Crippen LogP contribution in [0.15, 0.2) is 18.5 Å². The Bertz CT molecular complexity index is 560. The van der Waals surface area contributed by atoms with Crippen LogP contribution in [0, 0.1) is 0 Å². The van der Waals surface area contributed by atoms with E-state index in [-0.39, 0.29) is 0 Å². The molecule has 0 unspecified atom stereocenters. The molecule has 0 aromatic carbocycles. The number of nitrogens with one attached hydrogen (secondary N) is 1. The Balaban J connectivity index is 1.81. The molecule has 3 N–H and O–H groups in total. The van der Waals surface area contributed by atoms with Crippen molar-refractivity contribution in [1.82, 2.24) is 19.9 Å². The van der Waals surface area contributed by atoms with Crippen molar-refractivity contribution in [3.8, 4) is 0 Å². The highest BCUT2D eigenvalue weighted by Gasteiger charge is 2.16. The minimum Gasteiger partial charge on any atom is -0.368 e. The Morgan fingerprint density at radius 2 is 2.15 bits per heavy atom. The van der Waals surface area contributed by atoms with Crippen LogP contribution in [0.25, 0.3) is 0 Å². The summed E-state index contributed by atoms with van der Waals surface area (Å²) in [5, 5.41) is 0. The maximum atomic E-state index is 5.84. The van der Waals surface area contributed by atoms with Gasteiger partial charge in [-0.15, -0.1) is 0 Å². The first-order valence-electron chi connectivity index (χ1n) is 6.81. The average Bonchev–Trinajstić information content (AvgIpc) is 3.11. The molecule has 20 heavy (non-hydrogen) atoms. The van der Waals surface area contributed by atoms with E-state index in [4.69, 9.17) is 5.73 Å². The zero-order chi connectivity index (χ0) is 13.9. The van der Waals surface area contributed by atoms with Crippen molar-refractivity contribution < 1.29 is 0 Å². The molecule has 0 amide bonds. The molecule has 1 aliphatic heterocycles. The summed E-state index contributed by atoms with van der Waals surface area (Å²) in [6.45, 7) is 2.73. The largest absolute Gasteiger partial charge is 0.368 e. The first kappa shape index (κ1) is 12.7. The first-order valence-corrected chi connectivity index (χ1v) is 6.81. The van der Waals surface area contributed by atoms with Crippen LogP contribution in [0.1, 0.15) is 18.7 Å². The van der Waals surface area contributed by atoms with Crippen molar-refractivity contribution in [2.24, 2.45) is 0 Å². The lowest BCUT2D eigenvalue weighted by Crippen LogP contribution is -2.23. The van der Waals surface area contributed by atoms with Gasteiger partial charge in [0.1, 0.15) is 17.5 Å². The number of aromatic nitrogens is 4. The molecule has 2 aromatic rings. The fraction of sp³-hybridized carbons (Fsp3) is 0.462. The molecule has 106 valence electrons. The van der Waals surface area contributed by atoms with Gasteiger partial charge in [-0.1, -0.05) is 0 Å². The van der Waals surface area contributed by atoms with Crippen LogP contribution in [0.5, 0.6) is 0 Å². The van der Waals surface area contributed by atoms with E-state index in [0.717, 1.165) is 30.5 Å². The molecule has 3 heterocycles.